The fraction of sp³-hybridized carbons (Fsp3) is 0.312. The zero-order valence-corrected chi connectivity index (χ0v) is 11.7. The van der Waals surface area contributed by atoms with Crippen molar-refractivity contribution in [3.8, 4) is 6.07 Å². The Hall–Kier alpha value is -2.41. The van der Waals surface area contributed by atoms with Crippen LogP contribution in [-0.4, -0.2) is 28.4 Å². The van der Waals surface area contributed by atoms with Gasteiger partial charge in [-0.3, -0.25) is 9.78 Å². The summed E-state index contributed by atoms with van der Waals surface area (Å²) in [4.78, 5) is 18.6. The topological polar surface area (TPSA) is 57.0 Å². The summed E-state index contributed by atoms with van der Waals surface area (Å²) in [5.41, 5.74) is 0.453. The van der Waals surface area contributed by atoms with E-state index in [4.69, 9.17) is 5.26 Å². The van der Waals surface area contributed by atoms with Crippen molar-refractivity contribution in [3.63, 3.8) is 0 Å². The van der Waals surface area contributed by atoms with E-state index in [2.05, 4.69) is 11.1 Å². The highest BCUT2D eigenvalue weighted by atomic mass is 16.2. The monoisotopic (exact) mass is 267 g/mol. The van der Waals surface area contributed by atoms with Gasteiger partial charge in [0.05, 0.1) is 12.5 Å². The molecule has 0 fully saturated rings. The highest BCUT2D eigenvalue weighted by Gasteiger charge is 2.21. The second kappa shape index (κ2) is 6.16. The number of hydrogen-bond donors (Lipinski definition) is 0. The summed E-state index contributed by atoms with van der Waals surface area (Å²) in [6.45, 7) is 4.32. The summed E-state index contributed by atoms with van der Waals surface area (Å²) in [6, 6.07) is 11.7. The summed E-state index contributed by atoms with van der Waals surface area (Å²) in [5.74, 6) is -0.118. The predicted molar refractivity (Wildman–Crippen MR) is 78.1 cm³/mol. The fourth-order valence-corrected chi connectivity index (χ4v) is 2.19. The summed E-state index contributed by atoms with van der Waals surface area (Å²) in [5, 5.41) is 10.6. The Kier molecular flexibility index (Phi) is 4.31. The molecule has 1 aromatic carbocycles. The van der Waals surface area contributed by atoms with Gasteiger partial charge >= 0.3 is 0 Å². The van der Waals surface area contributed by atoms with Gasteiger partial charge in [-0.15, -0.1) is 0 Å². The molecule has 1 amide bonds. The van der Waals surface area contributed by atoms with Crippen LogP contribution in [0.15, 0.2) is 36.5 Å². The number of nitrogens with zero attached hydrogens (tertiary/aromatic N) is 3. The first-order valence-corrected chi connectivity index (χ1v) is 6.67. The lowest BCUT2D eigenvalue weighted by atomic mass is 10.1. The molecule has 1 heterocycles. The Balaban J connectivity index is 2.41. The van der Waals surface area contributed by atoms with Crippen LogP contribution < -0.4 is 0 Å². The van der Waals surface area contributed by atoms with Gasteiger partial charge in [0.1, 0.15) is 5.69 Å². The summed E-state index contributed by atoms with van der Waals surface area (Å²) < 4.78 is 0. The molecule has 0 spiro atoms. The molecule has 2 aromatic rings. The van der Waals surface area contributed by atoms with Crippen LogP contribution in [0.5, 0.6) is 0 Å². The van der Waals surface area contributed by atoms with E-state index in [1.165, 1.54) is 0 Å². The molecule has 0 unspecified atom stereocenters. The number of rotatable bonds is 4. The lowest BCUT2D eigenvalue weighted by Crippen LogP contribution is -2.38. The Labute approximate surface area is 118 Å². The van der Waals surface area contributed by atoms with Gasteiger partial charge in [-0.2, -0.15) is 5.26 Å². The van der Waals surface area contributed by atoms with E-state index in [1.54, 1.807) is 11.1 Å². The van der Waals surface area contributed by atoms with Gasteiger partial charge in [0, 0.05) is 24.2 Å². The predicted octanol–water partition coefficient (Wildman–Crippen LogP) is 3.00. The number of nitriles is 1. The zero-order chi connectivity index (χ0) is 14.5. The van der Waals surface area contributed by atoms with E-state index in [0.29, 0.717) is 18.7 Å². The van der Waals surface area contributed by atoms with Gasteiger partial charge in [-0.05, 0) is 25.3 Å². The van der Waals surface area contributed by atoms with E-state index < -0.39 is 0 Å². The molecular weight excluding hydrogens is 250 g/mol. The van der Waals surface area contributed by atoms with Crippen molar-refractivity contribution in [2.24, 2.45) is 0 Å². The van der Waals surface area contributed by atoms with Crippen molar-refractivity contribution in [2.75, 3.05) is 6.54 Å². The molecule has 102 valence electrons. The van der Waals surface area contributed by atoms with Crippen LogP contribution in [0, 0.1) is 11.3 Å². The molecule has 0 bridgehead atoms. The number of hydrogen-bond acceptors (Lipinski definition) is 3. The molecule has 0 aliphatic heterocycles. The maximum absolute atomic E-state index is 12.7. The molecular formula is C16H17N3O. The summed E-state index contributed by atoms with van der Waals surface area (Å²) in [6.07, 6.45) is 1.98. The second-order valence-corrected chi connectivity index (χ2v) is 4.88. The number of carbonyl (C=O) groups excluding carboxylic acids is 1. The first-order chi connectivity index (χ1) is 9.65. The minimum atomic E-state index is -0.118. The molecule has 2 rings (SSSR count). The van der Waals surface area contributed by atoms with Crippen LogP contribution in [-0.2, 0) is 0 Å². The van der Waals surface area contributed by atoms with Gasteiger partial charge in [-0.1, -0.05) is 24.3 Å². The van der Waals surface area contributed by atoms with Gasteiger partial charge in [-0.25, -0.2) is 0 Å². The van der Waals surface area contributed by atoms with Crippen LogP contribution in [0.1, 0.15) is 30.8 Å². The molecule has 0 atom stereocenters. The van der Waals surface area contributed by atoms with Crippen molar-refractivity contribution in [3.05, 3.63) is 42.2 Å². The minimum absolute atomic E-state index is 0.0385. The molecule has 0 saturated heterocycles. The third-order valence-electron chi connectivity index (χ3n) is 3.22. The molecule has 0 aliphatic carbocycles. The number of fused-ring (bicyclic) bond motifs is 1. The lowest BCUT2D eigenvalue weighted by Gasteiger charge is -2.25. The maximum Gasteiger partial charge on any atom is 0.273 e. The fourth-order valence-electron chi connectivity index (χ4n) is 2.19. The van der Waals surface area contributed by atoms with Crippen LogP contribution >= 0.6 is 0 Å². The second-order valence-electron chi connectivity index (χ2n) is 4.88. The van der Waals surface area contributed by atoms with Crippen LogP contribution in [0.25, 0.3) is 10.8 Å². The molecule has 4 heteroatoms. The van der Waals surface area contributed by atoms with Gasteiger partial charge in [0.2, 0.25) is 0 Å². The molecule has 20 heavy (non-hydrogen) atoms. The van der Waals surface area contributed by atoms with Gasteiger partial charge in [0.15, 0.2) is 0 Å². The number of aromatic nitrogens is 1. The molecule has 0 radical (unpaired) electrons. The summed E-state index contributed by atoms with van der Waals surface area (Å²) in [7, 11) is 0. The third kappa shape index (κ3) is 2.77. The Morgan fingerprint density at radius 2 is 2.10 bits per heavy atom. The smallest absolute Gasteiger partial charge is 0.273 e. The molecule has 0 aliphatic rings. The third-order valence-corrected chi connectivity index (χ3v) is 3.22. The number of benzene rings is 1. The zero-order valence-electron chi connectivity index (χ0n) is 11.7. The number of carbonyl (C=O) groups is 1. The van der Waals surface area contributed by atoms with Crippen LogP contribution in [0.4, 0.5) is 0 Å². The van der Waals surface area contributed by atoms with Crippen molar-refractivity contribution >= 4 is 16.7 Å². The average molecular weight is 267 g/mol. The van der Waals surface area contributed by atoms with Crippen molar-refractivity contribution in [1.82, 2.24) is 9.88 Å². The van der Waals surface area contributed by atoms with Crippen molar-refractivity contribution < 1.29 is 4.79 Å². The van der Waals surface area contributed by atoms with Gasteiger partial charge < -0.3 is 4.90 Å². The van der Waals surface area contributed by atoms with E-state index in [0.717, 1.165) is 10.8 Å². The maximum atomic E-state index is 12.7. The highest BCUT2D eigenvalue weighted by molar-refractivity contribution is 6.05. The van der Waals surface area contributed by atoms with E-state index in [1.807, 2.05) is 44.2 Å². The quantitative estimate of drug-likeness (QED) is 0.855. The number of amides is 1. The first-order valence-electron chi connectivity index (χ1n) is 6.67. The van der Waals surface area contributed by atoms with Crippen LogP contribution in [0.3, 0.4) is 0 Å². The largest absolute Gasteiger partial charge is 0.334 e. The molecule has 0 saturated carbocycles. The van der Waals surface area contributed by atoms with E-state index in [9.17, 15) is 4.79 Å². The number of pyridine rings is 1. The minimum Gasteiger partial charge on any atom is -0.334 e. The normalized spacial score (nSPS) is 10.5. The Morgan fingerprint density at radius 3 is 2.80 bits per heavy atom. The molecule has 1 aromatic heterocycles. The summed E-state index contributed by atoms with van der Waals surface area (Å²) >= 11 is 0. The molecule has 4 nitrogen and oxygen atoms in total. The van der Waals surface area contributed by atoms with Crippen LogP contribution in [0.2, 0.25) is 0 Å². The van der Waals surface area contributed by atoms with E-state index in [-0.39, 0.29) is 11.9 Å². The average Bonchev–Trinajstić information content (AvgIpc) is 2.46. The standard InChI is InChI=1S/C16H17N3O/c1-12(2)19(11-5-9-17)16(20)15-14-7-4-3-6-13(14)8-10-18-15/h3-4,6-8,10,12H,5,11H2,1-2H3. The SMILES string of the molecule is CC(C)N(CCC#N)C(=O)c1nccc2ccccc12. The molecule has 0 N–H and O–H groups in total. The van der Waals surface area contributed by atoms with Crippen molar-refractivity contribution in [2.45, 2.75) is 26.3 Å². The lowest BCUT2D eigenvalue weighted by molar-refractivity contribution is 0.0706. The highest BCUT2D eigenvalue weighted by Crippen LogP contribution is 2.18. The van der Waals surface area contributed by atoms with E-state index >= 15 is 0 Å². The first kappa shape index (κ1) is 14.0. The van der Waals surface area contributed by atoms with Crippen molar-refractivity contribution in [1.29, 1.82) is 5.26 Å². The van der Waals surface area contributed by atoms with Gasteiger partial charge in [0.25, 0.3) is 5.91 Å². The Bertz CT molecular complexity index is 653. The Morgan fingerprint density at radius 1 is 1.35 bits per heavy atom.